The van der Waals surface area contributed by atoms with Crippen molar-refractivity contribution in [2.75, 3.05) is 5.32 Å². The molecule has 21 heavy (non-hydrogen) atoms. The van der Waals surface area contributed by atoms with Gasteiger partial charge in [0.1, 0.15) is 12.4 Å². The molecule has 0 aliphatic carbocycles. The molecule has 0 unspecified atom stereocenters. The van der Waals surface area contributed by atoms with Crippen molar-refractivity contribution < 1.29 is 4.79 Å². The van der Waals surface area contributed by atoms with Crippen LogP contribution in [0.5, 0.6) is 0 Å². The number of amides is 1. The van der Waals surface area contributed by atoms with Crippen LogP contribution >= 0.6 is 0 Å². The van der Waals surface area contributed by atoms with Gasteiger partial charge < -0.3 is 0 Å². The molecule has 8 nitrogen and oxygen atoms in total. The Bertz CT molecular complexity index is 839. The summed E-state index contributed by atoms with van der Waals surface area (Å²) in [7, 11) is 0. The lowest BCUT2D eigenvalue weighted by Gasteiger charge is -2.14. The third-order valence-corrected chi connectivity index (χ3v) is 3.14. The summed E-state index contributed by atoms with van der Waals surface area (Å²) >= 11 is 0. The molecule has 0 aliphatic heterocycles. The maximum absolute atomic E-state index is 12.4. The molecule has 0 saturated heterocycles. The minimum atomic E-state index is -0.722. The summed E-state index contributed by atoms with van der Waals surface area (Å²) in [5, 5.41) is 9.17. The molecule has 0 radical (unpaired) electrons. The van der Waals surface area contributed by atoms with Gasteiger partial charge in [-0.05, 0) is 19.1 Å². The van der Waals surface area contributed by atoms with E-state index in [0.29, 0.717) is 10.9 Å². The second-order valence-electron chi connectivity index (χ2n) is 4.47. The Hall–Kier alpha value is -3.03. The maximum Gasteiger partial charge on any atom is 0.261 e. The molecule has 2 aromatic heterocycles. The van der Waals surface area contributed by atoms with Crippen molar-refractivity contribution in [3.05, 3.63) is 47.3 Å². The molecule has 2 heterocycles. The highest BCUT2D eigenvalue weighted by Crippen LogP contribution is 2.09. The smallest absolute Gasteiger partial charge is 0.261 e. The molecule has 1 aromatic carbocycles. The molecule has 0 bridgehead atoms. The molecule has 1 amide bonds. The zero-order valence-electron chi connectivity index (χ0n) is 11.1. The largest absolute Gasteiger partial charge is 0.293 e. The first-order valence-electron chi connectivity index (χ1n) is 6.29. The van der Waals surface area contributed by atoms with Crippen molar-refractivity contribution >= 4 is 22.8 Å². The van der Waals surface area contributed by atoms with E-state index in [1.807, 2.05) is 0 Å². The molecule has 2 N–H and O–H groups in total. The highest BCUT2D eigenvalue weighted by Gasteiger charge is 2.18. The molecule has 0 spiro atoms. The number of para-hydroxylation sites is 1. The first-order chi connectivity index (χ1) is 10.2. The summed E-state index contributed by atoms with van der Waals surface area (Å²) in [5.74, 6) is -0.153. The van der Waals surface area contributed by atoms with E-state index in [9.17, 15) is 9.59 Å². The van der Waals surface area contributed by atoms with Gasteiger partial charge in [0.25, 0.3) is 5.56 Å². The Balaban J connectivity index is 1.94. The highest BCUT2D eigenvalue weighted by atomic mass is 16.2. The third-order valence-electron chi connectivity index (χ3n) is 3.14. The number of nitrogens with one attached hydrogen (secondary N) is 2. The summed E-state index contributed by atoms with van der Waals surface area (Å²) in [6, 6.07) is 6.27. The van der Waals surface area contributed by atoms with E-state index in [1.54, 1.807) is 31.2 Å². The summed E-state index contributed by atoms with van der Waals surface area (Å²) in [4.78, 5) is 32.5. The number of hydrogen-bond donors (Lipinski definition) is 2. The molecule has 106 valence electrons. The lowest BCUT2D eigenvalue weighted by molar-refractivity contribution is -0.118. The van der Waals surface area contributed by atoms with Gasteiger partial charge in [-0.15, -0.1) is 0 Å². The molecule has 3 aromatic rings. The van der Waals surface area contributed by atoms with E-state index in [0.717, 1.165) is 0 Å². The molecule has 0 aliphatic rings. The molecule has 1 atom stereocenters. The number of aromatic amines is 1. The quantitative estimate of drug-likeness (QED) is 0.737. The number of benzene rings is 1. The topological polar surface area (TPSA) is 106 Å². The number of carbonyl (C=O) groups excluding carboxylic acids is 1. The average Bonchev–Trinajstić information content (AvgIpc) is 3.00. The monoisotopic (exact) mass is 284 g/mol. The van der Waals surface area contributed by atoms with Crippen LogP contribution in [0.3, 0.4) is 0 Å². The van der Waals surface area contributed by atoms with E-state index in [2.05, 4.69) is 25.5 Å². The van der Waals surface area contributed by atoms with Gasteiger partial charge in [0, 0.05) is 0 Å². The number of carbonyl (C=O) groups is 1. The number of H-pyrrole nitrogens is 1. The van der Waals surface area contributed by atoms with Crippen LogP contribution in [0.15, 0.2) is 41.7 Å². The Morgan fingerprint density at radius 2 is 2.14 bits per heavy atom. The van der Waals surface area contributed by atoms with Crippen molar-refractivity contribution in [3.8, 4) is 0 Å². The van der Waals surface area contributed by atoms with E-state index >= 15 is 0 Å². The number of fused-ring (bicyclic) bond motifs is 1. The Morgan fingerprint density at radius 3 is 2.90 bits per heavy atom. The van der Waals surface area contributed by atoms with Gasteiger partial charge in [-0.2, -0.15) is 10.1 Å². The lowest BCUT2D eigenvalue weighted by Crippen LogP contribution is -2.32. The minimum Gasteiger partial charge on any atom is -0.293 e. The number of aromatic nitrogens is 5. The maximum atomic E-state index is 12.4. The summed E-state index contributed by atoms with van der Waals surface area (Å²) in [6.07, 6.45) is 2.65. The normalized spacial score (nSPS) is 12.2. The molecule has 0 fully saturated rings. The molecule has 0 saturated carbocycles. The highest BCUT2D eigenvalue weighted by molar-refractivity contribution is 5.92. The van der Waals surface area contributed by atoms with Crippen LogP contribution < -0.4 is 10.9 Å². The predicted molar refractivity (Wildman–Crippen MR) is 75.7 cm³/mol. The number of anilines is 1. The van der Waals surface area contributed by atoms with Gasteiger partial charge in [-0.3, -0.25) is 19.5 Å². The standard InChI is InChI=1S/C13H12N6O2/c1-8(11(20)17-13-14-6-16-18-13)19-7-15-10-5-3-2-4-9(10)12(19)21/h2-8H,1H3,(H2,14,16,17,18,20)/t8-/m0/s1. The summed E-state index contributed by atoms with van der Waals surface area (Å²) in [5.41, 5.74) is 0.336. The molecule has 8 heteroatoms. The second-order valence-corrected chi connectivity index (χ2v) is 4.47. The van der Waals surface area contributed by atoms with Crippen LogP contribution in [0.4, 0.5) is 5.95 Å². The average molecular weight is 284 g/mol. The van der Waals surface area contributed by atoms with Crippen molar-refractivity contribution in [1.29, 1.82) is 0 Å². The third kappa shape index (κ3) is 2.38. The van der Waals surface area contributed by atoms with Crippen LogP contribution in [-0.2, 0) is 4.79 Å². The lowest BCUT2D eigenvalue weighted by atomic mass is 10.2. The molecular weight excluding hydrogens is 272 g/mol. The van der Waals surface area contributed by atoms with Crippen LogP contribution in [-0.4, -0.2) is 30.6 Å². The Morgan fingerprint density at radius 1 is 1.33 bits per heavy atom. The predicted octanol–water partition coefficient (Wildman–Crippen LogP) is 0.714. The van der Waals surface area contributed by atoms with Crippen LogP contribution in [0.2, 0.25) is 0 Å². The number of rotatable bonds is 3. The summed E-state index contributed by atoms with van der Waals surface area (Å²) in [6.45, 7) is 1.61. The fourth-order valence-corrected chi connectivity index (χ4v) is 1.97. The Labute approximate surface area is 118 Å². The molecular formula is C13H12N6O2. The zero-order chi connectivity index (χ0) is 14.8. The fraction of sp³-hybridized carbons (Fsp3) is 0.154. The first-order valence-corrected chi connectivity index (χ1v) is 6.29. The van der Waals surface area contributed by atoms with E-state index in [-0.39, 0.29) is 17.4 Å². The van der Waals surface area contributed by atoms with E-state index in [1.165, 1.54) is 17.2 Å². The van der Waals surface area contributed by atoms with Crippen LogP contribution in [0.25, 0.3) is 10.9 Å². The van der Waals surface area contributed by atoms with Gasteiger partial charge in [-0.1, -0.05) is 12.1 Å². The first kappa shape index (κ1) is 13.0. The summed E-state index contributed by atoms with van der Waals surface area (Å²) < 4.78 is 1.29. The van der Waals surface area contributed by atoms with Gasteiger partial charge in [-0.25, -0.2) is 10.1 Å². The van der Waals surface area contributed by atoms with Crippen LogP contribution in [0, 0.1) is 0 Å². The van der Waals surface area contributed by atoms with Gasteiger partial charge in [0.15, 0.2) is 0 Å². The van der Waals surface area contributed by atoms with Gasteiger partial charge in [0.2, 0.25) is 11.9 Å². The number of nitrogens with zero attached hydrogens (tertiary/aromatic N) is 4. The van der Waals surface area contributed by atoms with Crippen molar-refractivity contribution in [1.82, 2.24) is 24.7 Å². The molecule has 3 rings (SSSR count). The minimum absolute atomic E-state index is 0.230. The van der Waals surface area contributed by atoms with Crippen molar-refractivity contribution in [3.63, 3.8) is 0 Å². The number of hydrogen-bond acceptors (Lipinski definition) is 5. The van der Waals surface area contributed by atoms with E-state index in [4.69, 9.17) is 0 Å². The van der Waals surface area contributed by atoms with Crippen LogP contribution in [0.1, 0.15) is 13.0 Å². The van der Waals surface area contributed by atoms with Gasteiger partial charge >= 0.3 is 0 Å². The zero-order valence-corrected chi connectivity index (χ0v) is 11.1. The van der Waals surface area contributed by atoms with Crippen molar-refractivity contribution in [2.24, 2.45) is 0 Å². The van der Waals surface area contributed by atoms with E-state index < -0.39 is 6.04 Å². The van der Waals surface area contributed by atoms with Crippen molar-refractivity contribution in [2.45, 2.75) is 13.0 Å². The second kappa shape index (κ2) is 5.16. The Kier molecular flexibility index (Phi) is 3.19. The fourth-order valence-electron chi connectivity index (χ4n) is 1.97. The SMILES string of the molecule is C[C@@H](C(=O)Nc1ncn[nH]1)n1cnc2ccccc2c1=O. The van der Waals surface area contributed by atoms with Gasteiger partial charge in [0.05, 0.1) is 17.2 Å².